The average molecular weight is 466 g/mol. The number of aliphatic imine (C=N–C) groups is 1. The van der Waals surface area contributed by atoms with Crippen LogP contribution in [0.5, 0.6) is 0 Å². The van der Waals surface area contributed by atoms with Crippen molar-refractivity contribution in [3.63, 3.8) is 0 Å². The maximum Gasteiger partial charge on any atom is 0.419 e. The summed E-state index contributed by atoms with van der Waals surface area (Å²) in [5, 5.41) is 16.8. The van der Waals surface area contributed by atoms with Gasteiger partial charge in [-0.25, -0.2) is 4.99 Å². The van der Waals surface area contributed by atoms with E-state index < -0.39 is 29.7 Å². The van der Waals surface area contributed by atoms with Gasteiger partial charge in [-0.15, -0.1) is 0 Å². The van der Waals surface area contributed by atoms with Gasteiger partial charge < -0.3 is 15.2 Å². The van der Waals surface area contributed by atoms with Crippen LogP contribution in [-0.4, -0.2) is 30.3 Å². The van der Waals surface area contributed by atoms with Gasteiger partial charge in [-0.1, -0.05) is 12.7 Å². The van der Waals surface area contributed by atoms with Crippen LogP contribution in [0.15, 0.2) is 77.6 Å². The smallest absolute Gasteiger partial charge is 0.341 e. The number of benzene rings is 2. The fourth-order valence-electron chi connectivity index (χ4n) is 2.63. The molecule has 0 atom stereocenters. The van der Waals surface area contributed by atoms with E-state index in [-0.39, 0.29) is 17.2 Å². The molecule has 0 amide bonds. The van der Waals surface area contributed by atoms with Crippen molar-refractivity contribution in [1.29, 1.82) is 0 Å². The summed E-state index contributed by atoms with van der Waals surface area (Å²) in [5.74, 6) is -0.614. The van der Waals surface area contributed by atoms with E-state index in [1.807, 2.05) is 0 Å². The number of alkyl halides is 3. The topological polar surface area (TPSA) is 96.6 Å². The van der Waals surface area contributed by atoms with E-state index in [0.29, 0.717) is 11.0 Å². The van der Waals surface area contributed by atoms with E-state index >= 15 is 0 Å². The molecule has 0 saturated carbocycles. The van der Waals surface area contributed by atoms with Gasteiger partial charge in [0.15, 0.2) is 0 Å². The van der Waals surface area contributed by atoms with Gasteiger partial charge in [-0.2, -0.15) is 13.2 Å². The summed E-state index contributed by atoms with van der Waals surface area (Å²) < 4.78 is 52.7. The van der Waals surface area contributed by atoms with Crippen LogP contribution in [0.4, 0.5) is 30.2 Å². The quantitative estimate of drug-likeness (QED) is 0.178. The van der Waals surface area contributed by atoms with E-state index in [1.165, 1.54) is 19.1 Å². The Bertz CT molecular complexity index is 1100. The summed E-state index contributed by atoms with van der Waals surface area (Å²) in [6.45, 7) is 8.14. The van der Waals surface area contributed by atoms with Crippen LogP contribution in [0.1, 0.15) is 6.92 Å². The van der Waals surface area contributed by atoms with Crippen molar-refractivity contribution in [2.24, 2.45) is 4.99 Å². The average Bonchev–Trinajstić information content (AvgIpc) is 2.67. The molecule has 0 radical (unpaired) electrons. The Morgan fingerprint density at radius 3 is 2.00 bits per heavy atom. The van der Waals surface area contributed by atoms with Crippen molar-refractivity contribution in [3.05, 3.63) is 82.7 Å². The zero-order valence-corrected chi connectivity index (χ0v) is 18.5. The molecule has 0 bridgehead atoms. The fourth-order valence-corrected chi connectivity index (χ4v) is 3.49. The Hall–Kier alpha value is -3.39. The second kappa shape index (κ2) is 9.82. The molecule has 11 heteroatoms. The van der Waals surface area contributed by atoms with Crippen LogP contribution in [-0.2, 0) is 4.57 Å². The van der Waals surface area contributed by atoms with Crippen LogP contribution in [0.2, 0.25) is 0 Å². The number of nitro groups is 1. The number of halogens is 3. The minimum Gasteiger partial charge on any atom is -0.341 e. The van der Waals surface area contributed by atoms with Crippen LogP contribution < -0.4 is 15.9 Å². The highest BCUT2D eigenvalue weighted by Gasteiger charge is 2.36. The van der Waals surface area contributed by atoms with Crippen molar-refractivity contribution in [1.82, 2.24) is 0 Å². The fraction of sp³-hybridized carbons (Fsp3) is 0.190. The summed E-state index contributed by atoms with van der Waals surface area (Å²) in [7, 11) is -2.44. The summed E-state index contributed by atoms with van der Waals surface area (Å²) in [6.07, 6.45) is -3.84. The molecule has 0 spiro atoms. The molecule has 7 nitrogen and oxygen atoms in total. The molecule has 0 heterocycles. The van der Waals surface area contributed by atoms with E-state index in [1.54, 1.807) is 37.6 Å². The van der Waals surface area contributed by atoms with Gasteiger partial charge in [-0.05, 0) is 56.7 Å². The van der Waals surface area contributed by atoms with Gasteiger partial charge in [0.25, 0.3) is 5.69 Å². The number of hydrogen-bond acceptors (Lipinski definition) is 5. The van der Waals surface area contributed by atoms with E-state index in [9.17, 15) is 27.9 Å². The van der Waals surface area contributed by atoms with Crippen molar-refractivity contribution >= 4 is 35.3 Å². The van der Waals surface area contributed by atoms with Gasteiger partial charge in [0.1, 0.15) is 18.8 Å². The number of amidine groups is 1. The lowest BCUT2D eigenvalue weighted by atomic mass is 10.2. The molecule has 0 aliphatic heterocycles. The standard InChI is InChI=1S/C21H22F3N4O3P/c1-5-19(21(22,23)24)20(27-16-6-10-17(11-7-16)28(29)30)26-14(2)25-15-8-12-18(13-9-15)32(3,4)31/h5-13,25H,2H2,1,3-4H3,(H,26,27)/b19-5+. The molecular weight excluding hydrogens is 444 g/mol. The van der Waals surface area contributed by atoms with Gasteiger partial charge >= 0.3 is 6.18 Å². The van der Waals surface area contributed by atoms with Crippen LogP contribution >= 0.6 is 7.14 Å². The lowest BCUT2D eigenvalue weighted by Gasteiger charge is -2.17. The number of nitro benzene ring substituents is 1. The molecule has 0 fully saturated rings. The van der Waals surface area contributed by atoms with Crippen LogP contribution in [0.25, 0.3) is 0 Å². The third-order valence-electron chi connectivity index (χ3n) is 4.21. The van der Waals surface area contributed by atoms with Gasteiger partial charge in [0.2, 0.25) is 0 Å². The number of hydrogen-bond donors (Lipinski definition) is 2. The first-order chi connectivity index (χ1) is 14.8. The van der Waals surface area contributed by atoms with Gasteiger partial charge in [0, 0.05) is 28.8 Å². The lowest BCUT2D eigenvalue weighted by molar-refractivity contribution is -0.384. The first-order valence-corrected chi connectivity index (χ1v) is 11.9. The van der Waals surface area contributed by atoms with E-state index in [0.717, 1.165) is 18.2 Å². The third-order valence-corrected chi connectivity index (χ3v) is 5.76. The summed E-state index contributed by atoms with van der Waals surface area (Å²) in [6, 6.07) is 11.4. The van der Waals surface area contributed by atoms with Gasteiger partial charge in [0.05, 0.1) is 10.5 Å². The largest absolute Gasteiger partial charge is 0.419 e. The molecule has 0 unspecified atom stereocenters. The minimum atomic E-state index is -4.70. The second-order valence-corrected chi connectivity index (χ2v) is 10.3. The molecule has 0 aliphatic carbocycles. The lowest BCUT2D eigenvalue weighted by Crippen LogP contribution is -2.26. The number of non-ortho nitro benzene ring substituents is 1. The molecule has 2 aromatic rings. The monoisotopic (exact) mass is 466 g/mol. The number of rotatable bonds is 7. The Morgan fingerprint density at radius 2 is 1.56 bits per heavy atom. The third kappa shape index (κ3) is 6.81. The van der Waals surface area contributed by atoms with Crippen molar-refractivity contribution in [2.45, 2.75) is 13.1 Å². The van der Waals surface area contributed by atoms with Gasteiger partial charge in [-0.3, -0.25) is 10.1 Å². The second-order valence-electron chi connectivity index (χ2n) is 7.06. The van der Waals surface area contributed by atoms with Crippen LogP contribution in [0.3, 0.4) is 0 Å². The molecular formula is C21H22F3N4O3P. The van der Waals surface area contributed by atoms with E-state index in [4.69, 9.17) is 0 Å². The minimum absolute atomic E-state index is 0.0815. The molecule has 0 aromatic heterocycles. The first-order valence-electron chi connectivity index (χ1n) is 9.27. The molecule has 2 rings (SSSR count). The zero-order valence-electron chi connectivity index (χ0n) is 17.6. The number of anilines is 2. The molecule has 2 aromatic carbocycles. The first kappa shape index (κ1) is 24.9. The Labute approximate surface area is 183 Å². The number of nitrogens with zero attached hydrogens (tertiary/aromatic N) is 2. The maximum atomic E-state index is 13.5. The Kier molecular flexibility index (Phi) is 7.64. The molecule has 2 N–H and O–H groups in total. The van der Waals surface area contributed by atoms with Crippen molar-refractivity contribution in [2.75, 3.05) is 24.0 Å². The van der Waals surface area contributed by atoms with Crippen LogP contribution in [0, 0.1) is 10.1 Å². The summed E-state index contributed by atoms with van der Waals surface area (Å²) in [5.41, 5.74) is -0.558. The molecule has 32 heavy (non-hydrogen) atoms. The summed E-state index contributed by atoms with van der Waals surface area (Å²) >= 11 is 0. The molecule has 0 aliphatic rings. The predicted molar refractivity (Wildman–Crippen MR) is 122 cm³/mol. The zero-order chi connectivity index (χ0) is 24.1. The highest BCUT2D eigenvalue weighted by atomic mass is 31.2. The maximum absolute atomic E-state index is 13.5. The summed E-state index contributed by atoms with van der Waals surface area (Å²) in [4.78, 5) is 14.1. The number of allylic oxidation sites excluding steroid dienone is 1. The molecule has 170 valence electrons. The SMILES string of the molecule is C=C(/N=C(Nc1ccc([N+](=O)[O-])cc1)\C(=C/C)C(F)(F)F)Nc1ccc(P(C)(C)=O)cc1. The predicted octanol–water partition coefficient (Wildman–Crippen LogP) is 5.75. The highest BCUT2D eigenvalue weighted by molar-refractivity contribution is 7.70. The Morgan fingerprint density at radius 1 is 1.06 bits per heavy atom. The van der Waals surface area contributed by atoms with Crippen molar-refractivity contribution in [3.8, 4) is 0 Å². The number of nitrogens with one attached hydrogen (secondary N) is 2. The highest BCUT2D eigenvalue weighted by Crippen LogP contribution is 2.34. The van der Waals surface area contributed by atoms with E-state index in [2.05, 4.69) is 22.2 Å². The molecule has 0 saturated heterocycles. The van der Waals surface area contributed by atoms with Crippen molar-refractivity contribution < 1.29 is 22.7 Å². The normalized spacial score (nSPS) is 12.9. The Balaban J connectivity index is 2.32.